The van der Waals surface area contributed by atoms with Crippen molar-refractivity contribution in [1.29, 1.82) is 0 Å². The van der Waals surface area contributed by atoms with Gasteiger partial charge >= 0.3 is 17.9 Å². The number of hydrogen-bond donors (Lipinski definition) is 1. The number of fused-ring (bicyclic) bond motifs is 1. The van der Waals surface area contributed by atoms with Crippen molar-refractivity contribution in [1.82, 2.24) is 19.5 Å². The number of H-pyrrole nitrogens is 1. The minimum atomic E-state index is -1.20. The zero-order valence-corrected chi connectivity index (χ0v) is 16.1. The van der Waals surface area contributed by atoms with Gasteiger partial charge < -0.3 is 23.9 Å². The molecule has 156 valence electrons. The maximum atomic E-state index is 12.0. The molecule has 1 aliphatic rings. The van der Waals surface area contributed by atoms with Crippen molar-refractivity contribution < 1.29 is 33.3 Å². The Morgan fingerprint density at radius 2 is 1.59 bits per heavy atom. The number of carbonyl (C=O) groups is 3. The highest BCUT2D eigenvalue weighted by Gasteiger charge is 2.51. The summed E-state index contributed by atoms with van der Waals surface area (Å²) in [4.78, 5) is 57.5. The van der Waals surface area contributed by atoms with Gasteiger partial charge in [0.05, 0.1) is 18.8 Å². The first kappa shape index (κ1) is 20.5. The van der Waals surface area contributed by atoms with E-state index in [-0.39, 0.29) is 11.2 Å². The molecule has 0 radical (unpaired) electrons. The second kappa shape index (κ2) is 7.99. The van der Waals surface area contributed by atoms with Gasteiger partial charge in [0.15, 0.2) is 35.7 Å². The van der Waals surface area contributed by atoms with Crippen LogP contribution >= 0.6 is 0 Å². The summed E-state index contributed by atoms with van der Waals surface area (Å²) in [5, 5.41) is 0. The summed E-state index contributed by atoms with van der Waals surface area (Å²) in [6.45, 7) is 5.17. The summed E-state index contributed by atoms with van der Waals surface area (Å²) in [6.07, 6.45) is -2.69. The maximum Gasteiger partial charge on any atom is 0.303 e. The summed E-state index contributed by atoms with van der Waals surface area (Å²) in [7, 11) is 0. The lowest BCUT2D eigenvalue weighted by Gasteiger charge is -2.43. The second-order valence-electron chi connectivity index (χ2n) is 6.51. The molecular formula is C17H20N4O8. The summed E-state index contributed by atoms with van der Waals surface area (Å²) in [5.74, 6) is -1.96. The van der Waals surface area contributed by atoms with E-state index in [4.69, 9.17) is 18.9 Å². The van der Waals surface area contributed by atoms with Gasteiger partial charge in [0, 0.05) is 20.8 Å². The fraction of sp³-hybridized carbons (Fsp3) is 0.529. The number of aromatic nitrogens is 4. The van der Waals surface area contributed by atoms with Gasteiger partial charge in [-0.3, -0.25) is 23.7 Å². The fourth-order valence-electron chi connectivity index (χ4n) is 3.26. The normalized spacial score (nSPS) is 26.7. The summed E-state index contributed by atoms with van der Waals surface area (Å²) >= 11 is 0. The number of rotatable bonds is 4. The molecule has 0 aliphatic carbocycles. The van der Waals surface area contributed by atoms with E-state index in [2.05, 4.69) is 15.0 Å². The van der Waals surface area contributed by atoms with Crippen LogP contribution in [0, 0.1) is 0 Å². The number of carbonyl (C=O) groups excluding carboxylic acids is 3. The van der Waals surface area contributed by atoms with E-state index >= 15 is 0 Å². The molecule has 0 aromatic carbocycles. The molecule has 1 saturated heterocycles. The minimum absolute atomic E-state index is 0.0523. The Balaban J connectivity index is 2.10. The molecule has 3 heterocycles. The number of nitrogens with one attached hydrogen (secondary N) is 1. The predicted octanol–water partition coefficient (Wildman–Crippen LogP) is -0.168. The molecule has 2 aromatic rings. The third kappa shape index (κ3) is 4.11. The SMILES string of the molecule is CC(=O)O[C@@H]1[C@H](OC(C)=O)[C@H](C)O[C@H](n2cnc3c(=O)[nH]cnc32)[C@H]1OC(C)=O. The summed E-state index contributed by atoms with van der Waals surface area (Å²) in [6, 6.07) is 0. The predicted molar refractivity (Wildman–Crippen MR) is 94.4 cm³/mol. The average molecular weight is 408 g/mol. The van der Waals surface area contributed by atoms with Crippen LogP contribution in [0.2, 0.25) is 0 Å². The van der Waals surface area contributed by atoms with Gasteiger partial charge in [-0.15, -0.1) is 0 Å². The van der Waals surface area contributed by atoms with Crippen molar-refractivity contribution in [2.75, 3.05) is 0 Å². The molecule has 0 bridgehead atoms. The quantitative estimate of drug-likeness (QED) is 0.533. The fourth-order valence-corrected chi connectivity index (χ4v) is 3.26. The molecular weight excluding hydrogens is 388 g/mol. The molecule has 1 N–H and O–H groups in total. The highest BCUT2D eigenvalue weighted by Crippen LogP contribution is 2.35. The maximum absolute atomic E-state index is 12.0. The van der Waals surface area contributed by atoms with Crippen LogP contribution in [0.1, 0.15) is 33.9 Å². The van der Waals surface area contributed by atoms with Crippen LogP contribution in [-0.4, -0.2) is 61.8 Å². The van der Waals surface area contributed by atoms with Gasteiger partial charge in [0.2, 0.25) is 0 Å². The van der Waals surface area contributed by atoms with Gasteiger partial charge in [-0.05, 0) is 6.92 Å². The van der Waals surface area contributed by atoms with Crippen LogP contribution in [-0.2, 0) is 33.3 Å². The minimum Gasteiger partial charge on any atom is -0.456 e. The first-order valence-corrected chi connectivity index (χ1v) is 8.76. The molecule has 1 fully saturated rings. The lowest BCUT2D eigenvalue weighted by Crippen LogP contribution is -2.58. The van der Waals surface area contributed by atoms with Gasteiger partial charge in [-0.1, -0.05) is 0 Å². The molecule has 3 rings (SSSR count). The van der Waals surface area contributed by atoms with Crippen molar-refractivity contribution in [3.63, 3.8) is 0 Å². The first-order chi connectivity index (χ1) is 13.7. The molecule has 29 heavy (non-hydrogen) atoms. The molecule has 0 unspecified atom stereocenters. The number of aromatic amines is 1. The van der Waals surface area contributed by atoms with Gasteiger partial charge in [0.25, 0.3) is 5.56 Å². The third-order valence-corrected chi connectivity index (χ3v) is 4.29. The van der Waals surface area contributed by atoms with E-state index in [0.29, 0.717) is 0 Å². The molecule has 2 aromatic heterocycles. The number of esters is 3. The van der Waals surface area contributed by atoms with Crippen LogP contribution in [0.25, 0.3) is 11.2 Å². The summed E-state index contributed by atoms with van der Waals surface area (Å²) in [5.41, 5.74) is -0.233. The Labute approximate surface area is 164 Å². The van der Waals surface area contributed by atoms with E-state index in [1.165, 1.54) is 38.0 Å². The Morgan fingerprint density at radius 1 is 1.00 bits per heavy atom. The summed E-state index contributed by atoms with van der Waals surface area (Å²) < 4.78 is 23.4. The molecule has 1 aliphatic heterocycles. The number of imidazole rings is 1. The largest absolute Gasteiger partial charge is 0.456 e. The van der Waals surface area contributed by atoms with Crippen LogP contribution in [0.5, 0.6) is 0 Å². The van der Waals surface area contributed by atoms with E-state index < -0.39 is 54.1 Å². The smallest absolute Gasteiger partial charge is 0.303 e. The standard InChI is InChI=1S/C17H20N4O8/c1-7-12(27-8(2)22)13(28-9(3)23)14(29-10(4)24)17(26-7)21-6-20-11-15(21)18-5-19-16(11)25/h5-7,12-14,17H,1-4H3,(H,18,19,25)/t7-,12+,13+,14-,17-/m0/s1. The van der Waals surface area contributed by atoms with E-state index in [9.17, 15) is 19.2 Å². The third-order valence-electron chi connectivity index (χ3n) is 4.29. The van der Waals surface area contributed by atoms with Crippen LogP contribution < -0.4 is 5.56 Å². The van der Waals surface area contributed by atoms with E-state index in [1.54, 1.807) is 6.92 Å². The number of nitrogens with zero attached hydrogens (tertiary/aromatic N) is 3. The highest BCUT2D eigenvalue weighted by atomic mass is 16.7. The van der Waals surface area contributed by atoms with Crippen LogP contribution in [0.15, 0.2) is 17.4 Å². The molecule has 12 heteroatoms. The van der Waals surface area contributed by atoms with Gasteiger partial charge in [-0.2, -0.15) is 0 Å². The van der Waals surface area contributed by atoms with E-state index in [1.807, 2.05) is 0 Å². The number of hydrogen-bond acceptors (Lipinski definition) is 10. The molecule has 0 amide bonds. The Morgan fingerprint density at radius 3 is 2.21 bits per heavy atom. The van der Waals surface area contributed by atoms with Crippen molar-refractivity contribution in [2.45, 2.75) is 58.3 Å². The Hall–Kier alpha value is -3.28. The van der Waals surface area contributed by atoms with Crippen LogP contribution in [0.3, 0.4) is 0 Å². The lowest BCUT2D eigenvalue weighted by atomic mass is 9.97. The van der Waals surface area contributed by atoms with Crippen LogP contribution in [0.4, 0.5) is 0 Å². The van der Waals surface area contributed by atoms with Gasteiger partial charge in [0.1, 0.15) is 0 Å². The molecule has 0 saturated carbocycles. The molecule has 5 atom stereocenters. The molecule has 0 spiro atoms. The second-order valence-corrected chi connectivity index (χ2v) is 6.51. The van der Waals surface area contributed by atoms with Crippen molar-refractivity contribution in [3.05, 3.63) is 23.0 Å². The zero-order chi connectivity index (χ0) is 21.3. The van der Waals surface area contributed by atoms with Crippen molar-refractivity contribution in [3.8, 4) is 0 Å². The highest BCUT2D eigenvalue weighted by molar-refractivity contribution is 5.70. The van der Waals surface area contributed by atoms with E-state index in [0.717, 1.165) is 0 Å². The first-order valence-electron chi connectivity index (χ1n) is 8.76. The zero-order valence-electron chi connectivity index (χ0n) is 16.1. The molecule has 12 nitrogen and oxygen atoms in total. The monoisotopic (exact) mass is 408 g/mol. The van der Waals surface area contributed by atoms with Crippen molar-refractivity contribution >= 4 is 29.1 Å². The average Bonchev–Trinajstić information content (AvgIpc) is 3.04. The lowest BCUT2D eigenvalue weighted by molar-refractivity contribution is -0.259. The van der Waals surface area contributed by atoms with Gasteiger partial charge in [-0.25, -0.2) is 9.97 Å². The number of ether oxygens (including phenoxy) is 4. The Kier molecular flexibility index (Phi) is 5.64. The van der Waals surface area contributed by atoms with Crippen molar-refractivity contribution in [2.24, 2.45) is 0 Å². The Bertz CT molecular complexity index is 999. The topological polar surface area (TPSA) is 152 Å².